The smallest absolute Gasteiger partial charge is 0.191 e. The standard InChI is InChI=1S/C21H30FN5O2S/c1-5-27(6-2)20-10-7-16(12-24-20)13-25-21(23-3)26-14-18-11-19(22)9-8-17(18)15-30(4,28)29/h7-12H,5-6,13-15H2,1-4H3,(H2,23,25,26). The quantitative estimate of drug-likeness (QED) is 0.465. The Morgan fingerprint density at radius 1 is 1.10 bits per heavy atom. The number of aromatic nitrogens is 1. The summed E-state index contributed by atoms with van der Waals surface area (Å²) in [5, 5.41) is 6.29. The van der Waals surface area contributed by atoms with Crippen LogP contribution < -0.4 is 15.5 Å². The Kier molecular flexibility index (Phi) is 8.58. The Labute approximate surface area is 178 Å². The number of hydrogen-bond donors (Lipinski definition) is 2. The van der Waals surface area contributed by atoms with Crippen LogP contribution in [0.3, 0.4) is 0 Å². The topological polar surface area (TPSA) is 86.7 Å². The van der Waals surface area contributed by atoms with Crippen molar-refractivity contribution < 1.29 is 12.8 Å². The first-order valence-corrected chi connectivity index (χ1v) is 11.9. The van der Waals surface area contributed by atoms with Gasteiger partial charge in [-0.1, -0.05) is 12.1 Å². The number of guanidine groups is 1. The van der Waals surface area contributed by atoms with Gasteiger partial charge in [-0.05, 0) is 48.7 Å². The average molecular weight is 436 g/mol. The fourth-order valence-electron chi connectivity index (χ4n) is 3.02. The average Bonchev–Trinajstić information content (AvgIpc) is 2.71. The molecule has 30 heavy (non-hydrogen) atoms. The number of aliphatic imine (C=N–C) groups is 1. The van der Waals surface area contributed by atoms with Crippen molar-refractivity contribution in [3.8, 4) is 0 Å². The maximum atomic E-state index is 13.7. The third kappa shape index (κ3) is 7.29. The second-order valence-electron chi connectivity index (χ2n) is 6.96. The van der Waals surface area contributed by atoms with E-state index in [0.717, 1.165) is 30.7 Å². The van der Waals surface area contributed by atoms with E-state index in [4.69, 9.17) is 0 Å². The van der Waals surface area contributed by atoms with Gasteiger partial charge in [0.25, 0.3) is 0 Å². The molecule has 0 fully saturated rings. The van der Waals surface area contributed by atoms with E-state index in [1.54, 1.807) is 7.05 Å². The van der Waals surface area contributed by atoms with E-state index in [1.165, 1.54) is 18.2 Å². The molecule has 2 rings (SSSR count). The van der Waals surface area contributed by atoms with Gasteiger partial charge in [-0.25, -0.2) is 17.8 Å². The summed E-state index contributed by atoms with van der Waals surface area (Å²) in [6.07, 6.45) is 2.98. The van der Waals surface area contributed by atoms with Gasteiger partial charge in [0.2, 0.25) is 0 Å². The molecular formula is C21H30FN5O2S. The van der Waals surface area contributed by atoms with Gasteiger partial charge < -0.3 is 15.5 Å². The molecule has 0 aliphatic heterocycles. The summed E-state index contributed by atoms with van der Waals surface area (Å²) in [6.45, 7) is 6.76. The highest BCUT2D eigenvalue weighted by atomic mass is 32.2. The Balaban J connectivity index is 1.98. The van der Waals surface area contributed by atoms with Gasteiger partial charge in [0.05, 0.1) is 5.75 Å². The van der Waals surface area contributed by atoms with E-state index >= 15 is 0 Å². The summed E-state index contributed by atoms with van der Waals surface area (Å²) in [6, 6.07) is 8.12. The molecule has 0 aliphatic carbocycles. The number of anilines is 1. The molecule has 0 saturated heterocycles. The van der Waals surface area contributed by atoms with Crippen LogP contribution in [0.4, 0.5) is 10.2 Å². The lowest BCUT2D eigenvalue weighted by Crippen LogP contribution is -2.36. The van der Waals surface area contributed by atoms with Crippen LogP contribution in [0.15, 0.2) is 41.5 Å². The first-order chi connectivity index (χ1) is 14.3. The number of halogens is 1. The van der Waals surface area contributed by atoms with Gasteiger partial charge in [-0.15, -0.1) is 0 Å². The van der Waals surface area contributed by atoms with E-state index in [2.05, 4.69) is 39.4 Å². The summed E-state index contributed by atoms with van der Waals surface area (Å²) in [7, 11) is -1.58. The first kappa shape index (κ1) is 23.6. The molecule has 1 aromatic heterocycles. The zero-order chi connectivity index (χ0) is 22.1. The maximum absolute atomic E-state index is 13.7. The lowest BCUT2D eigenvalue weighted by molar-refractivity contribution is 0.599. The van der Waals surface area contributed by atoms with Crippen LogP contribution in [0.5, 0.6) is 0 Å². The molecule has 7 nitrogen and oxygen atoms in total. The van der Waals surface area contributed by atoms with Crippen LogP contribution in [-0.2, 0) is 28.7 Å². The molecule has 0 aliphatic rings. The van der Waals surface area contributed by atoms with Gasteiger partial charge in [-0.3, -0.25) is 4.99 Å². The minimum Gasteiger partial charge on any atom is -0.357 e. The molecule has 0 spiro atoms. The minimum atomic E-state index is -3.22. The number of nitrogens with one attached hydrogen (secondary N) is 2. The predicted molar refractivity (Wildman–Crippen MR) is 120 cm³/mol. The molecule has 0 bridgehead atoms. The summed E-state index contributed by atoms with van der Waals surface area (Å²) in [5.74, 6) is 0.917. The lowest BCUT2D eigenvalue weighted by Gasteiger charge is -2.19. The molecule has 0 amide bonds. The number of pyridine rings is 1. The summed E-state index contributed by atoms with van der Waals surface area (Å²) in [5.41, 5.74) is 2.14. The van der Waals surface area contributed by atoms with Gasteiger partial charge >= 0.3 is 0 Å². The van der Waals surface area contributed by atoms with Crippen molar-refractivity contribution in [2.24, 2.45) is 4.99 Å². The van der Waals surface area contributed by atoms with Crippen molar-refractivity contribution in [3.05, 3.63) is 59.0 Å². The lowest BCUT2D eigenvalue weighted by atomic mass is 10.1. The molecule has 1 aromatic carbocycles. The molecule has 2 N–H and O–H groups in total. The Hall–Kier alpha value is -2.68. The fraction of sp³-hybridized carbons (Fsp3) is 0.429. The first-order valence-electron chi connectivity index (χ1n) is 9.85. The zero-order valence-corrected chi connectivity index (χ0v) is 18.8. The Morgan fingerprint density at radius 3 is 2.37 bits per heavy atom. The maximum Gasteiger partial charge on any atom is 0.191 e. The number of hydrogen-bond acceptors (Lipinski definition) is 5. The molecule has 0 unspecified atom stereocenters. The number of sulfone groups is 1. The summed E-state index contributed by atoms with van der Waals surface area (Å²) in [4.78, 5) is 10.8. The normalized spacial score (nSPS) is 12.0. The molecule has 2 aromatic rings. The zero-order valence-electron chi connectivity index (χ0n) is 17.9. The SMILES string of the molecule is CCN(CC)c1ccc(CNC(=NC)NCc2cc(F)ccc2CS(C)(=O)=O)cn1. The molecule has 0 saturated carbocycles. The summed E-state index contributed by atoms with van der Waals surface area (Å²) < 4.78 is 36.9. The highest BCUT2D eigenvalue weighted by molar-refractivity contribution is 7.89. The van der Waals surface area contributed by atoms with Gasteiger partial charge in [0.1, 0.15) is 11.6 Å². The van der Waals surface area contributed by atoms with E-state index < -0.39 is 15.7 Å². The predicted octanol–water partition coefficient (Wildman–Crippen LogP) is 2.48. The van der Waals surface area contributed by atoms with E-state index in [9.17, 15) is 12.8 Å². The van der Waals surface area contributed by atoms with Crippen LogP contribution in [0.1, 0.15) is 30.5 Å². The second kappa shape index (κ2) is 10.9. The molecule has 1 heterocycles. The van der Waals surface area contributed by atoms with Crippen LogP contribution in [0, 0.1) is 5.82 Å². The minimum absolute atomic E-state index is 0.138. The van der Waals surface area contributed by atoms with E-state index in [-0.39, 0.29) is 12.3 Å². The molecule has 164 valence electrons. The van der Waals surface area contributed by atoms with Crippen LogP contribution in [-0.4, -0.2) is 45.8 Å². The fourth-order valence-corrected chi connectivity index (χ4v) is 3.87. The van der Waals surface area contributed by atoms with E-state index in [1.807, 2.05) is 18.3 Å². The van der Waals surface area contributed by atoms with Gasteiger partial charge in [0.15, 0.2) is 15.8 Å². The van der Waals surface area contributed by atoms with Crippen LogP contribution >= 0.6 is 0 Å². The molecular weight excluding hydrogens is 405 g/mol. The van der Waals surface area contributed by atoms with Crippen molar-refractivity contribution in [2.45, 2.75) is 32.7 Å². The van der Waals surface area contributed by atoms with Crippen molar-refractivity contribution in [1.82, 2.24) is 15.6 Å². The molecule has 0 atom stereocenters. The van der Waals surface area contributed by atoms with Crippen LogP contribution in [0.25, 0.3) is 0 Å². The van der Waals surface area contributed by atoms with Crippen molar-refractivity contribution >= 4 is 21.6 Å². The van der Waals surface area contributed by atoms with Gasteiger partial charge in [0, 0.05) is 45.7 Å². The molecule has 0 radical (unpaired) electrons. The van der Waals surface area contributed by atoms with E-state index in [0.29, 0.717) is 23.6 Å². The third-order valence-electron chi connectivity index (χ3n) is 4.61. The summed E-state index contributed by atoms with van der Waals surface area (Å²) >= 11 is 0. The van der Waals surface area contributed by atoms with Gasteiger partial charge in [-0.2, -0.15) is 0 Å². The highest BCUT2D eigenvalue weighted by Gasteiger charge is 2.11. The van der Waals surface area contributed by atoms with Crippen molar-refractivity contribution in [3.63, 3.8) is 0 Å². The number of nitrogens with zero attached hydrogens (tertiary/aromatic N) is 3. The Morgan fingerprint density at radius 2 is 1.80 bits per heavy atom. The Bertz CT molecular complexity index is 958. The highest BCUT2D eigenvalue weighted by Crippen LogP contribution is 2.14. The number of rotatable bonds is 9. The third-order valence-corrected chi connectivity index (χ3v) is 5.45. The van der Waals surface area contributed by atoms with Crippen LogP contribution in [0.2, 0.25) is 0 Å². The number of benzene rings is 1. The van der Waals surface area contributed by atoms with Crippen molar-refractivity contribution in [1.29, 1.82) is 0 Å². The second-order valence-corrected chi connectivity index (χ2v) is 9.10. The van der Waals surface area contributed by atoms with Crippen molar-refractivity contribution in [2.75, 3.05) is 31.3 Å². The molecule has 9 heteroatoms. The monoisotopic (exact) mass is 435 g/mol. The largest absolute Gasteiger partial charge is 0.357 e.